The molecule has 0 aliphatic carbocycles. The number of carbonyl (C=O) groups excluding carboxylic acids is 2. The largest absolute Gasteiger partial charge is 0.427 e. The topological polar surface area (TPSA) is 49.9 Å². The second-order valence-corrected chi connectivity index (χ2v) is 8.27. The van der Waals surface area contributed by atoms with Gasteiger partial charge in [-0.2, -0.15) is 0 Å². The van der Waals surface area contributed by atoms with Crippen molar-refractivity contribution >= 4 is 11.9 Å². The first kappa shape index (κ1) is 19.6. The zero-order valence-electron chi connectivity index (χ0n) is 17.4. The Bertz CT molecular complexity index is 917. The van der Waals surface area contributed by atoms with E-state index in [9.17, 15) is 9.59 Å². The van der Waals surface area contributed by atoms with Crippen LogP contribution in [0.3, 0.4) is 0 Å². The van der Waals surface area contributed by atoms with Gasteiger partial charge < -0.3 is 14.5 Å². The lowest BCUT2D eigenvalue weighted by atomic mass is 9.70. The lowest BCUT2D eigenvalue weighted by Gasteiger charge is -2.53. The van der Waals surface area contributed by atoms with Gasteiger partial charge in [0.25, 0.3) is 0 Å². The molecule has 2 aliphatic rings. The summed E-state index contributed by atoms with van der Waals surface area (Å²) in [4.78, 5) is 28.7. The van der Waals surface area contributed by atoms with Crippen molar-refractivity contribution < 1.29 is 14.3 Å². The maximum atomic E-state index is 12.8. The molecule has 0 N–H and O–H groups in total. The number of amides is 1. The zero-order chi connectivity index (χ0) is 20.6. The van der Waals surface area contributed by atoms with Gasteiger partial charge in [-0.3, -0.25) is 9.59 Å². The standard InChI is InChI=1S/C24H28N2O3/c1-17(27)26-16-22(19-7-5-4-6-8-19)21-15-20(29-18(2)28)9-10-23(21)24(26)11-13-25(3)14-12-24/h4-10,15,22H,11-14,16H2,1-3H3. The number of ether oxygens (including phenoxy) is 1. The van der Waals surface area contributed by atoms with E-state index in [2.05, 4.69) is 35.0 Å². The molecule has 4 rings (SSSR count). The molecular weight excluding hydrogens is 364 g/mol. The molecule has 1 spiro atoms. The Balaban J connectivity index is 1.88. The molecule has 5 nitrogen and oxygen atoms in total. The van der Waals surface area contributed by atoms with Crippen molar-refractivity contribution in [3.05, 3.63) is 65.2 Å². The molecule has 0 bridgehead atoms. The summed E-state index contributed by atoms with van der Waals surface area (Å²) in [6, 6.07) is 16.2. The number of fused-ring (bicyclic) bond motifs is 2. The maximum Gasteiger partial charge on any atom is 0.308 e. The highest BCUT2D eigenvalue weighted by atomic mass is 16.5. The minimum atomic E-state index is -0.323. The Morgan fingerprint density at radius 1 is 1.03 bits per heavy atom. The SMILES string of the molecule is CC(=O)Oc1ccc2c(c1)C(c1ccccc1)CN(C(C)=O)C21CCN(C)CC1. The van der Waals surface area contributed by atoms with Gasteiger partial charge in [-0.05, 0) is 48.7 Å². The summed E-state index contributed by atoms with van der Waals surface area (Å²) < 4.78 is 5.40. The van der Waals surface area contributed by atoms with Crippen LogP contribution in [0.15, 0.2) is 48.5 Å². The van der Waals surface area contributed by atoms with Gasteiger partial charge in [0, 0.05) is 39.4 Å². The molecule has 1 fully saturated rings. The molecule has 0 radical (unpaired) electrons. The molecule has 152 valence electrons. The van der Waals surface area contributed by atoms with E-state index >= 15 is 0 Å². The number of hydrogen-bond donors (Lipinski definition) is 0. The monoisotopic (exact) mass is 392 g/mol. The first-order chi connectivity index (χ1) is 13.9. The normalized spacial score (nSPS) is 20.9. The summed E-state index contributed by atoms with van der Waals surface area (Å²) >= 11 is 0. The van der Waals surface area contributed by atoms with E-state index in [0.29, 0.717) is 12.3 Å². The van der Waals surface area contributed by atoms with Crippen LogP contribution in [-0.4, -0.2) is 48.4 Å². The van der Waals surface area contributed by atoms with Crippen LogP contribution in [0.25, 0.3) is 0 Å². The van der Waals surface area contributed by atoms with E-state index in [4.69, 9.17) is 4.74 Å². The van der Waals surface area contributed by atoms with E-state index in [0.717, 1.165) is 31.5 Å². The molecule has 29 heavy (non-hydrogen) atoms. The lowest BCUT2D eigenvalue weighted by Crippen LogP contribution is -2.58. The first-order valence-electron chi connectivity index (χ1n) is 10.3. The number of benzene rings is 2. The Morgan fingerprint density at radius 2 is 1.72 bits per heavy atom. The summed E-state index contributed by atoms with van der Waals surface area (Å²) in [6.07, 6.45) is 1.81. The summed E-state index contributed by atoms with van der Waals surface area (Å²) in [5.74, 6) is 0.411. The van der Waals surface area contributed by atoms with Crippen molar-refractivity contribution in [2.45, 2.75) is 38.1 Å². The van der Waals surface area contributed by atoms with Crippen LogP contribution in [0.1, 0.15) is 49.3 Å². The number of nitrogens with zero attached hydrogens (tertiary/aromatic N) is 2. The molecule has 2 aromatic rings. The van der Waals surface area contributed by atoms with Gasteiger partial charge in [0.15, 0.2) is 0 Å². The van der Waals surface area contributed by atoms with Crippen LogP contribution < -0.4 is 4.74 Å². The number of carbonyl (C=O) groups is 2. The van der Waals surface area contributed by atoms with Crippen molar-refractivity contribution in [1.29, 1.82) is 0 Å². The molecule has 2 aromatic carbocycles. The molecule has 1 atom stereocenters. The molecule has 2 heterocycles. The van der Waals surface area contributed by atoms with Crippen molar-refractivity contribution in [1.82, 2.24) is 9.80 Å². The average Bonchev–Trinajstić information content (AvgIpc) is 2.70. The Labute approximate surface area is 172 Å². The van der Waals surface area contributed by atoms with Crippen molar-refractivity contribution in [2.75, 3.05) is 26.7 Å². The van der Waals surface area contributed by atoms with Gasteiger partial charge in [-0.15, -0.1) is 0 Å². The van der Waals surface area contributed by atoms with E-state index in [1.165, 1.54) is 18.1 Å². The highest BCUT2D eigenvalue weighted by Crippen LogP contribution is 2.49. The summed E-state index contributed by atoms with van der Waals surface area (Å²) in [5, 5.41) is 0. The third kappa shape index (κ3) is 3.55. The van der Waals surface area contributed by atoms with E-state index in [1.807, 2.05) is 30.3 Å². The highest BCUT2D eigenvalue weighted by molar-refractivity contribution is 5.76. The lowest BCUT2D eigenvalue weighted by molar-refractivity contribution is -0.139. The van der Waals surface area contributed by atoms with Crippen LogP contribution in [0.4, 0.5) is 0 Å². The van der Waals surface area contributed by atoms with E-state index in [1.54, 1.807) is 6.92 Å². The molecule has 2 aliphatic heterocycles. The fraction of sp³-hybridized carbons (Fsp3) is 0.417. The molecule has 0 saturated carbocycles. The van der Waals surface area contributed by atoms with Crippen molar-refractivity contribution in [3.63, 3.8) is 0 Å². The molecule has 1 saturated heterocycles. The minimum absolute atomic E-state index is 0.0517. The Kier molecular flexibility index (Phi) is 5.17. The summed E-state index contributed by atoms with van der Waals surface area (Å²) in [6.45, 7) is 5.64. The molecule has 1 unspecified atom stereocenters. The van der Waals surface area contributed by atoms with Crippen molar-refractivity contribution in [2.24, 2.45) is 0 Å². The van der Waals surface area contributed by atoms with Gasteiger partial charge in [-0.1, -0.05) is 36.4 Å². The van der Waals surface area contributed by atoms with Gasteiger partial charge in [0.1, 0.15) is 5.75 Å². The smallest absolute Gasteiger partial charge is 0.308 e. The summed E-state index contributed by atoms with van der Waals surface area (Å²) in [7, 11) is 2.13. The maximum absolute atomic E-state index is 12.8. The average molecular weight is 392 g/mol. The highest BCUT2D eigenvalue weighted by Gasteiger charge is 2.48. The zero-order valence-corrected chi connectivity index (χ0v) is 17.4. The number of hydrogen-bond acceptors (Lipinski definition) is 4. The van der Waals surface area contributed by atoms with Crippen LogP contribution in [0.5, 0.6) is 5.75 Å². The van der Waals surface area contributed by atoms with Crippen LogP contribution in [-0.2, 0) is 15.1 Å². The van der Waals surface area contributed by atoms with E-state index < -0.39 is 0 Å². The second kappa shape index (κ2) is 7.64. The molecule has 1 amide bonds. The molecular formula is C24H28N2O3. The number of piperidine rings is 1. The van der Waals surface area contributed by atoms with Crippen LogP contribution in [0.2, 0.25) is 0 Å². The third-order valence-electron chi connectivity index (χ3n) is 6.44. The van der Waals surface area contributed by atoms with E-state index in [-0.39, 0.29) is 23.3 Å². The van der Waals surface area contributed by atoms with Crippen LogP contribution in [0, 0.1) is 0 Å². The fourth-order valence-electron chi connectivity index (χ4n) is 5.01. The quantitative estimate of drug-likeness (QED) is 0.580. The molecule has 5 heteroatoms. The van der Waals surface area contributed by atoms with Crippen molar-refractivity contribution in [3.8, 4) is 5.75 Å². The third-order valence-corrected chi connectivity index (χ3v) is 6.44. The number of rotatable bonds is 2. The van der Waals surface area contributed by atoms with Gasteiger partial charge in [0.05, 0.1) is 5.54 Å². The molecule has 0 aromatic heterocycles. The predicted molar refractivity (Wildman–Crippen MR) is 112 cm³/mol. The Morgan fingerprint density at radius 3 is 2.34 bits per heavy atom. The van der Waals surface area contributed by atoms with Gasteiger partial charge in [-0.25, -0.2) is 0 Å². The minimum Gasteiger partial charge on any atom is -0.427 e. The van der Waals surface area contributed by atoms with Gasteiger partial charge >= 0.3 is 5.97 Å². The first-order valence-corrected chi connectivity index (χ1v) is 10.3. The summed E-state index contributed by atoms with van der Waals surface area (Å²) in [5.41, 5.74) is 3.23. The number of esters is 1. The second-order valence-electron chi connectivity index (χ2n) is 8.27. The van der Waals surface area contributed by atoms with Gasteiger partial charge in [0.2, 0.25) is 5.91 Å². The Hall–Kier alpha value is -2.66. The number of likely N-dealkylation sites (tertiary alicyclic amines) is 1. The fourth-order valence-corrected chi connectivity index (χ4v) is 5.01. The predicted octanol–water partition coefficient (Wildman–Crippen LogP) is 3.53. The van der Waals surface area contributed by atoms with Crippen LogP contribution >= 0.6 is 0 Å².